The van der Waals surface area contributed by atoms with Crippen molar-refractivity contribution in [1.29, 1.82) is 0 Å². The Kier molecular flexibility index (Phi) is 5.03. The number of nitrogens with one attached hydrogen (secondary N) is 1. The molecule has 118 valence electrons. The Balaban J connectivity index is 1.99. The van der Waals surface area contributed by atoms with Gasteiger partial charge in [0.15, 0.2) is 0 Å². The Morgan fingerprint density at radius 3 is 2.50 bits per heavy atom. The van der Waals surface area contributed by atoms with Crippen molar-refractivity contribution in [1.82, 2.24) is 10.2 Å². The van der Waals surface area contributed by atoms with Crippen molar-refractivity contribution in [3.8, 4) is 0 Å². The average molecular weight is 300 g/mol. The summed E-state index contributed by atoms with van der Waals surface area (Å²) in [6.45, 7) is 6.66. The molecule has 0 aliphatic carbocycles. The highest BCUT2D eigenvalue weighted by molar-refractivity contribution is 5.83. The molecule has 0 aromatic heterocycles. The van der Waals surface area contributed by atoms with Crippen molar-refractivity contribution in [2.24, 2.45) is 0 Å². The lowest BCUT2D eigenvalue weighted by Gasteiger charge is -2.28. The van der Waals surface area contributed by atoms with E-state index in [0.29, 0.717) is 19.6 Å². The lowest BCUT2D eigenvalue weighted by atomic mass is 10.1. The van der Waals surface area contributed by atoms with E-state index < -0.39 is 5.60 Å². The SMILES string of the molecule is CCN(CC(C)(C)O)C(=O)NCc1ccc2ccccc2c1. The van der Waals surface area contributed by atoms with E-state index in [0.717, 1.165) is 10.9 Å². The van der Waals surface area contributed by atoms with Crippen LogP contribution >= 0.6 is 0 Å². The van der Waals surface area contributed by atoms with Gasteiger partial charge in [0.05, 0.1) is 12.1 Å². The molecule has 0 aliphatic rings. The Morgan fingerprint density at radius 1 is 1.18 bits per heavy atom. The van der Waals surface area contributed by atoms with Crippen LogP contribution in [0, 0.1) is 0 Å². The van der Waals surface area contributed by atoms with Gasteiger partial charge in [-0.25, -0.2) is 4.79 Å². The van der Waals surface area contributed by atoms with Crippen molar-refractivity contribution in [2.75, 3.05) is 13.1 Å². The highest BCUT2D eigenvalue weighted by atomic mass is 16.3. The Labute approximate surface area is 131 Å². The van der Waals surface area contributed by atoms with Crippen LogP contribution in [0.4, 0.5) is 4.79 Å². The van der Waals surface area contributed by atoms with E-state index >= 15 is 0 Å². The van der Waals surface area contributed by atoms with Gasteiger partial charge in [0.2, 0.25) is 0 Å². The molecule has 0 radical (unpaired) electrons. The lowest BCUT2D eigenvalue weighted by molar-refractivity contribution is 0.0480. The van der Waals surface area contributed by atoms with Gasteiger partial charge in [-0.05, 0) is 43.2 Å². The second-order valence-electron chi connectivity index (χ2n) is 6.17. The number of fused-ring (bicyclic) bond motifs is 1. The zero-order chi connectivity index (χ0) is 16.2. The van der Waals surface area contributed by atoms with Crippen molar-refractivity contribution in [2.45, 2.75) is 32.9 Å². The van der Waals surface area contributed by atoms with Gasteiger partial charge in [0, 0.05) is 13.1 Å². The molecule has 0 heterocycles. The minimum atomic E-state index is -0.893. The first kappa shape index (κ1) is 16.3. The number of benzene rings is 2. The molecule has 22 heavy (non-hydrogen) atoms. The molecule has 2 N–H and O–H groups in total. The number of carbonyl (C=O) groups is 1. The summed E-state index contributed by atoms with van der Waals surface area (Å²) in [5.74, 6) is 0. The number of amides is 2. The van der Waals surface area contributed by atoms with Crippen LogP contribution in [0.5, 0.6) is 0 Å². The highest BCUT2D eigenvalue weighted by Crippen LogP contribution is 2.15. The number of nitrogens with zero attached hydrogens (tertiary/aromatic N) is 1. The van der Waals surface area contributed by atoms with Gasteiger partial charge in [-0.15, -0.1) is 0 Å². The third-order valence-electron chi connectivity index (χ3n) is 3.50. The fraction of sp³-hybridized carbons (Fsp3) is 0.389. The molecule has 2 amide bonds. The highest BCUT2D eigenvalue weighted by Gasteiger charge is 2.20. The number of urea groups is 1. The van der Waals surface area contributed by atoms with Crippen LogP contribution in [0.25, 0.3) is 10.8 Å². The summed E-state index contributed by atoms with van der Waals surface area (Å²) in [5.41, 5.74) is 0.169. The maximum Gasteiger partial charge on any atom is 0.317 e. The number of hydrogen-bond donors (Lipinski definition) is 2. The molecule has 2 rings (SSSR count). The largest absolute Gasteiger partial charge is 0.389 e. The molecule has 2 aromatic rings. The predicted octanol–water partition coefficient (Wildman–Crippen LogP) is 3.14. The first-order chi connectivity index (χ1) is 10.4. The third-order valence-corrected chi connectivity index (χ3v) is 3.50. The summed E-state index contributed by atoms with van der Waals surface area (Å²) in [4.78, 5) is 13.8. The van der Waals surface area contributed by atoms with Crippen molar-refractivity contribution >= 4 is 16.8 Å². The number of likely N-dealkylation sites (N-methyl/N-ethyl adjacent to an activating group) is 1. The molecular weight excluding hydrogens is 276 g/mol. The summed E-state index contributed by atoms with van der Waals surface area (Å²) in [6, 6.07) is 14.2. The molecule has 0 unspecified atom stereocenters. The van der Waals surface area contributed by atoms with Gasteiger partial charge < -0.3 is 15.3 Å². The zero-order valence-electron chi connectivity index (χ0n) is 13.5. The van der Waals surface area contributed by atoms with Crippen molar-refractivity contribution in [3.63, 3.8) is 0 Å². The van der Waals surface area contributed by atoms with E-state index in [-0.39, 0.29) is 6.03 Å². The van der Waals surface area contributed by atoms with Gasteiger partial charge in [0.25, 0.3) is 0 Å². The van der Waals surface area contributed by atoms with Crippen LogP contribution in [0.3, 0.4) is 0 Å². The van der Waals surface area contributed by atoms with Gasteiger partial charge in [-0.2, -0.15) is 0 Å². The van der Waals surface area contributed by atoms with Crippen LogP contribution in [-0.2, 0) is 6.54 Å². The molecule has 0 fully saturated rings. The maximum atomic E-state index is 12.2. The molecular formula is C18H24N2O2. The summed E-state index contributed by atoms with van der Waals surface area (Å²) >= 11 is 0. The number of aliphatic hydroxyl groups is 1. The molecule has 4 heteroatoms. The molecule has 0 atom stereocenters. The predicted molar refractivity (Wildman–Crippen MR) is 89.7 cm³/mol. The van der Waals surface area contributed by atoms with Gasteiger partial charge in [-0.3, -0.25) is 0 Å². The molecule has 2 aromatic carbocycles. The smallest absolute Gasteiger partial charge is 0.317 e. The summed E-state index contributed by atoms with van der Waals surface area (Å²) in [6.07, 6.45) is 0. The normalized spacial score (nSPS) is 11.5. The van der Waals surface area contributed by atoms with Gasteiger partial charge in [-0.1, -0.05) is 36.4 Å². The van der Waals surface area contributed by atoms with Gasteiger partial charge in [0.1, 0.15) is 0 Å². The van der Waals surface area contributed by atoms with Crippen molar-refractivity contribution < 1.29 is 9.90 Å². The molecule has 0 aliphatic heterocycles. The fourth-order valence-corrected chi connectivity index (χ4v) is 2.43. The molecule has 0 spiro atoms. The monoisotopic (exact) mass is 300 g/mol. The number of carbonyl (C=O) groups excluding carboxylic acids is 1. The van der Waals surface area contributed by atoms with Crippen LogP contribution in [0.1, 0.15) is 26.3 Å². The van der Waals surface area contributed by atoms with Crippen LogP contribution in [-0.4, -0.2) is 34.7 Å². The minimum Gasteiger partial charge on any atom is -0.389 e. The van der Waals surface area contributed by atoms with E-state index in [9.17, 15) is 9.90 Å². The van der Waals surface area contributed by atoms with Crippen LogP contribution in [0.15, 0.2) is 42.5 Å². The van der Waals surface area contributed by atoms with Crippen molar-refractivity contribution in [3.05, 3.63) is 48.0 Å². The van der Waals surface area contributed by atoms with Crippen LogP contribution in [0.2, 0.25) is 0 Å². The van der Waals surface area contributed by atoms with Crippen LogP contribution < -0.4 is 5.32 Å². The fourth-order valence-electron chi connectivity index (χ4n) is 2.43. The topological polar surface area (TPSA) is 52.6 Å². The Morgan fingerprint density at radius 2 is 1.86 bits per heavy atom. The molecule has 0 bridgehead atoms. The van der Waals surface area contributed by atoms with E-state index in [4.69, 9.17) is 0 Å². The zero-order valence-corrected chi connectivity index (χ0v) is 13.5. The minimum absolute atomic E-state index is 0.155. The third kappa shape index (κ3) is 4.46. The average Bonchev–Trinajstić information content (AvgIpc) is 2.49. The summed E-state index contributed by atoms with van der Waals surface area (Å²) in [5, 5.41) is 15.1. The number of hydrogen-bond acceptors (Lipinski definition) is 2. The van der Waals surface area contributed by atoms with Gasteiger partial charge >= 0.3 is 6.03 Å². The summed E-state index contributed by atoms with van der Waals surface area (Å²) < 4.78 is 0. The quantitative estimate of drug-likeness (QED) is 0.891. The molecule has 0 saturated carbocycles. The first-order valence-electron chi connectivity index (χ1n) is 7.62. The second-order valence-corrected chi connectivity index (χ2v) is 6.17. The van der Waals surface area contributed by atoms with E-state index in [1.807, 2.05) is 25.1 Å². The summed E-state index contributed by atoms with van der Waals surface area (Å²) in [7, 11) is 0. The van der Waals surface area contributed by atoms with E-state index in [2.05, 4.69) is 29.6 Å². The maximum absolute atomic E-state index is 12.2. The standard InChI is InChI=1S/C18H24N2O2/c1-4-20(13-18(2,3)22)17(21)19-12-14-9-10-15-7-5-6-8-16(15)11-14/h5-11,22H,4,12-13H2,1-3H3,(H,19,21). The second kappa shape index (κ2) is 6.79. The van der Waals surface area contributed by atoms with E-state index in [1.165, 1.54) is 5.39 Å². The molecule has 4 nitrogen and oxygen atoms in total. The number of rotatable bonds is 5. The lowest BCUT2D eigenvalue weighted by Crippen LogP contribution is -2.46. The Bertz CT molecular complexity index is 647. The van der Waals surface area contributed by atoms with E-state index in [1.54, 1.807) is 18.7 Å². The molecule has 0 saturated heterocycles. The first-order valence-corrected chi connectivity index (χ1v) is 7.62. The Hall–Kier alpha value is -2.07.